The predicted octanol–water partition coefficient (Wildman–Crippen LogP) is 2.96. The van der Waals surface area contributed by atoms with Crippen molar-refractivity contribution in [3.8, 4) is 0 Å². The first kappa shape index (κ1) is 16.7. The smallest absolute Gasteiger partial charge is 0.0701 e. The Hall–Kier alpha value is -1.10. The number of hydrogen-bond acceptors (Lipinski definition) is 4. The van der Waals surface area contributed by atoms with E-state index in [2.05, 4.69) is 34.5 Å². The summed E-state index contributed by atoms with van der Waals surface area (Å²) in [5.41, 5.74) is 2.88. The topological polar surface area (TPSA) is 33.7 Å². The number of para-hydroxylation sites is 1. The molecule has 3 rings (SSSR count). The lowest BCUT2D eigenvalue weighted by atomic mass is 9.81. The molecular weight excluding hydrogens is 288 g/mol. The van der Waals surface area contributed by atoms with Crippen LogP contribution in [0.25, 0.3) is 0 Å². The molecule has 2 heterocycles. The number of anilines is 1. The Labute approximate surface area is 140 Å². The highest BCUT2D eigenvalue weighted by molar-refractivity contribution is 5.57. The Morgan fingerprint density at radius 3 is 2.70 bits per heavy atom. The van der Waals surface area contributed by atoms with Gasteiger partial charge in [-0.05, 0) is 50.4 Å². The minimum Gasteiger partial charge on any atom is -0.384 e. The average Bonchev–Trinajstić information content (AvgIpc) is 3.03. The number of rotatable bonds is 8. The number of benzene rings is 1. The van der Waals surface area contributed by atoms with Gasteiger partial charge in [0.25, 0.3) is 0 Å². The summed E-state index contributed by atoms with van der Waals surface area (Å²) in [5, 5.41) is 3.57. The number of fused-ring (bicyclic) bond motifs is 1. The number of likely N-dealkylation sites (tertiary alicyclic amines) is 1. The van der Waals surface area contributed by atoms with E-state index in [1.54, 1.807) is 0 Å². The molecule has 1 atom stereocenters. The highest BCUT2D eigenvalue weighted by Crippen LogP contribution is 2.40. The van der Waals surface area contributed by atoms with Crippen molar-refractivity contribution in [2.24, 2.45) is 5.92 Å². The SMILES string of the molecule is CCOCCOCCN1CCC(C2CNc3ccccc32)CC1. The van der Waals surface area contributed by atoms with Gasteiger partial charge in [-0.15, -0.1) is 0 Å². The Balaban J connectivity index is 1.36. The van der Waals surface area contributed by atoms with Crippen molar-refractivity contribution in [1.82, 2.24) is 4.90 Å². The van der Waals surface area contributed by atoms with Crippen LogP contribution in [-0.4, -0.2) is 57.5 Å². The van der Waals surface area contributed by atoms with Crippen LogP contribution in [0.3, 0.4) is 0 Å². The van der Waals surface area contributed by atoms with Crippen LogP contribution in [0, 0.1) is 5.92 Å². The van der Waals surface area contributed by atoms with E-state index < -0.39 is 0 Å². The number of nitrogens with one attached hydrogen (secondary N) is 1. The monoisotopic (exact) mass is 318 g/mol. The quantitative estimate of drug-likeness (QED) is 0.747. The van der Waals surface area contributed by atoms with Crippen molar-refractivity contribution in [3.05, 3.63) is 29.8 Å². The summed E-state index contributed by atoms with van der Waals surface area (Å²) in [6.45, 7) is 9.63. The molecule has 1 aromatic carbocycles. The molecular formula is C19H30N2O2. The number of piperidine rings is 1. The van der Waals surface area contributed by atoms with Gasteiger partial charge in [0.05, 0.1) is 19.8 Å². The van der Waals surface area contributed by atoms with Crippen LogP contribution in [0.1, 0.15) is 31.2 Å². The molecule has 0 saturated carbocycles. The van der Waals surface area contributed by atoms with Gasteiger partial charge in [0.1, 0.15) is 0 Å². The molecule has 0 radical (unpaired) electrons. The first-order chi connectivity index (χ1) is 11.4. The highest BCUT2D eigenvalue weighted by Gasteiger charge is 2.31. The maximum Gasteiger partial charge on any atom is 0.0701 e. The van der Waals surface area contributed by atoms with Gasteiger partial charge in [0.2, 0.25) is 0 Å². The largest absolute Gasteiger partial charge is 0.384 e. The summed E-state index contributed by atoms with van der Waals surface area (Å²) in [7, 11) is 0. The summed E-state index contributed by atoms with van der Waals surface area (Å²) in [6, 6.07) is 8.82. The van der Waals surface area contributed by atoms with Crippen molar-refractivity contribution >= 4 is 5.69 Å². The fourth-order valence-corrected chi connectivity index (χ4v) is 3.87. The fraction of sp³-hybridized carbons (Fsp3) is 0.684. The molecule has 1 N–H and O–H groups in total. The van der Waals surface area contributed by atoms with E-state index in [0.717, 1.165) is 38.8 Å². The molecule has 128 valence electrons. The zero-order valence-electron chi connectivity index (χ0n) is 14.3. The van der Waals surface area contributed by atoms with E-state index in [4.69, 9.17) is 9.47 Å². The van der Waals surface area contributed by atoms with E-state index in [9.17, 15) is 0 Å². The van der Waals surface area contributed by atoms with E-state index in [-0.39, 0.29) is 0 Å². The van der Waals surface area contributed by atoms with Crippen LogP contribution in [0.15, 0.2) is 24.3 Å². The zero-order valence-corrected chi connectivity index (χ0v) is 14.3. The molecule has 1 fully saturated rings. The number of ether oxygens (including phenoxy) is 2. The number of nitrogens with zero attached hydrogens (tertiary/aromatic N) is 1. The molecule has 23 heavy (non-hydrogen) atoms. The normalized spacial score (nSPS) is 22.0. The van der Waals surface area contributed by atoms with E-state index in [1.165, 1.54) is 37.2 Å². The minimum absolute atomic E-state index is 0.704. The summed E-state index contributed by atoms with van der Waals surface area (Å²) in [5.74, 6) is 1.53. The standard InChI is InChI=1S/C19H30N2O2/c1-2-22-13-14-23-12-11-21-9-7-16(8-10-21)18-15-20-19-6-4-3-5-17(18)19/h3-6,16,18,20H,2,7-15H2,1H3. The van der Waals surface area contributed by atoms with Gasteiger partial charge in [-0.1, -0.05) is 18.2 Å². The third-order valence-corrected chi connectivity index (χ3v) is 5.20. The fourth-order valence-electron chi connectivity index (χ4n) is 3.87. The molecule has 0 amide bonds. The Kier molecular flexibility index (Phi) is 6.31. The van der Waals surface area contributed by atoms with Crippen LogP contribution in [0.4, 0.5) is 5.69 Å². The van der Waals surface area contributed by atoms with E-state index in [0.29, 0.717) is 12.5 Å². The lowest BCUT2D eigenvalue weighted by Crippen LogP contribution is -2.38. The van der Waals surface area contributed by atoms with Gasteiger partial charge in [-0.25, -0.2) is 0 Å². The Bertz CT molecular complexity index is 472. The Morgan fingerprint density at radius 2 is 1.87 bits per heavy atom. The average molecular weight is 318 g/mol. The zero-order chi connectivity index (χ0) is 15.9. The van der Waals surface area contributed by atoms with E-state index >= 15 is 0 Å². The Morgan fingerprint density at radius 1 is 1.09 bits per heavy atom. The third-order valence-electron chi connectivity index (χ3n) is 5.20. The van der Waals surface area contributed by atoms with E-state index in [1.807, 2.05) is 6.92 Å². The second-order valence-corrected chi connectivity index (χ2v) is 6.56. The molecule has 1 unspecified atom stereocenters. The molecule has 2 aliphatic rings. The molecule has 1 aromatic rings. The number of hydrogen-bond donors (Lipinski definition) is 1. The summed E-state index contributed by atoms with van der Waals surface area (Å²) in [4.78, 5) is 2.55. The third kappa shape index (κ3) is 4.46. The van der Waals surface area contributed by atoms with Crippen molar-refractivity contribution in [3.63, 3.8) is 0 Å². The first-order valence-corrected chi connectivity index (χ1v) is 9.09. The van der Waals surface area contributed by atoms with Gasteiger partial charge in [-0.2, -0.15) is 0 Å². The van der Waals surface area contributed by atoms with Crippen LogP contribution in [0.2, 0.25) is 0 Å². The second kappa shape index (κ2) is 8.67. The minimum atomic E-state index is 0.704. The van der Waals surface area contributed by atoms with Crippen molar-refractivity contribution in [1.29, 1.82) is 0 Å². The maximum atomic E-state index is 5.63. The molecule has 2 aliphatic heterocycles. The van der Waals surface area contributed by atoms with Gasteiger partial charge < -0.3 is 19.7 Å². The van der Waals surface area contributed by atoms with Crippen molar-refractivity contribution in [2.75, 3.05) is 57.9 Å². The van der Waals surface area contributed by atoms with Crippen molar-refractivity contribution in [2.45, 2.75) is 25.7 Å². The lowest BCUT2D eigenvalue weighted by molar-refractivity contribution is 0.0378. The molecule has 0 aromatic heterocycles. The van der Waals surface area contributed by atoms with Crippen LogP contribution in [0.5, 0.6) is 0 Å². The van der Waals surface area contributed by atoms with Crippen LogP contribution in [-0.2, 0) is 9.47 Å². The molecule has 0 spiro atoms. The molecule has 0 bridgehead atoms. The van der Waals surface area contributed by atoms with Gasteiger partial charge in [-0.3, -0.25) is 0 Å². The predicted molar refractivity (Wildman–Crippen MR) is 94.1 cm³/mol. The second-order valence-electron chi connectivity index (χ2n) is 6.56. The molecule has 4 heteroatoms. The highest BCUT2D eigenvalue weighted by atomic mass is 16.5. The van der Waals surface area contributed by atoms with Gasteiger partial charge in [0.15, 0.2) is 0 Å². The maximum absolute atomic E-state index is 5.63. The van der Waals surface area contributed by atoms with Gasteiger partial charge in [0, 0.05) is 31.3 Å². The van der Waals surface area contributed by atoms with Crippen molar-refractivity contribution < 1.29 is 9.47 Å². The lowest BCUT2D eigenvalue weighted by Gasteiger charge is -2.34. The summed E-state index contributed by atoms with van der Waals surface area (Å²) < 4.78 is 10.9. The molecule has 1 saturated heterocycles. The first-order valence-electron chi connectivity index (χ1n) is 9.09. The molecule has 0 aliphatic carbocycles. The molecule has 4 nitrogen and oxygen atoms in total. The summed E-state index contributed by atoms with van der Waals surface area (Å²) in [6.07, 6.45) is 2.61. The summed E-state index contributed by atoms with van der Waals surface area (Å²) >= 11 is 0. The van der Waals surface area contributed by atoms with Gasteiger partial charge >= 0.3 is 0 Å². The van der Waals surface area contributed by atoms with Crippen LogP contribution >= 0.6 is 0 Å². The van der Waals surface area contributed by atoms with Crippen LogP contribution < -0.4 is 5.32 Å².